The Morgan fingerprint density at radius 3 is 2.42 bits per heavy atom. The number of pyridine rings is 1. The average molecular weight is 364 g/mol. The number of nitrogens with one attached hydrogen (secondary N) is 1. The van der Waals surface area contributed by atoms with Gasteiger partial charge in [0.1, 0.15) is 12.0 Å². The van der Waals surface area contributed by atoms with Gasteiger partial charge in [0, 0.05) is 23.0 Å². The van der Waals surface area contributed by atoms with Gasteiger partial charge in [0.15, 0.2) is 0 Å². The van der Waals surface area contributed by atoms with Crippen LogP contribution >= 0.6 is 11.6 Å². The number of aromatic nitrogens is 1. The average Bonchev–Trinajstić information content (AvgIpc) is 2.92. The molecule has 0 radical (unpaired) electrons. The van der Waals surface area contributed by atoms with Crippen LogP contribution in [0.15, 0.2) is 60.8 Å². The molecule has 1 amide bonds. The molecule has 1 atom stereocenters. The summed E-state index contributed by atoms with van der Waals surface area (Å²) < 4.78 is 0. The molecule has 1 N–H and O–H groups in total. The Balaban J connectivity index is 1.82. The van der Waals surface area contributed by atoms with Gasteiger partial charge in [-0.05, 0) is 43.2 Å². The smallest absolute Gasteiger partial charge is 0.261 e. The monoisotopic (exact) mass is 363 g/mol. The molecule has 0 aliphatic carbocycles. The standard InChI is InChI=1S/C21H18ClN3O/c1-13-6-5-7-14(2)19(13)24-20-16-8-3-4-9-17(16)21(26)25(20)18-11-10-15(22)12-23-18/h3-12,20,24H,1-2H3/t20-/m1/s1. The van der Waals surface area contributed by atoms with E-state index in [9.17, 15) is 4.79 Å². The molecule has 0 saturated heterocycles. The highest BCUT2D eigenvalue weighted by atomic mass is 35.5. The van der Waals surface area contributed by atoms with Gasteiger partial charge in [-0.3, -0.25) is 9.69 Å². The van der Waals surface area contributed by atoms with Crippen LogP contribution < -0.4 is 10.2 Å². The maximum atomic E-state index is 13.1. The van der Waals surface area contributed by atoms with Crippen LogP contribution in [0.3, 0.4) is 0 Å². The van der Waals surface area contributed by atoms with Gasteiger partial charge < -0.3 is 5.32 Å². The van der Waals surface area contributed by atoms with E-state index in [1.54, 1.807) is 23.2 Å². The Hall–Kier alpha value is -2.85. The largest absolute Gasteiger partial charge is 0.361 e. The van der Waals surface area contributed by atoms with E-state index < -0.39 is 0 Å². The summed E-state index contributed by atoms with van der Waals surface area (Å²) in [6.45, 7) is 4.12. The molecule has 0 unspecified atom stereocenters. The van der Waals surface area contributed by atoms with Gasteiger partial charge in [-0.25, -0.2) is 4.98 Å². The van der Waals surface area contributed by atoms with Crippen LogP contribution in [-0.2, 0) is 0 Å². The maximum Gasteiger partial charge on any atom is 0.261 e. The lowest BCUT2D eigenvalue weighted by atomic mass is 10.1. The Morgan fingerprint density at radius 1 is 1.00 bits per heavy atom. The normalized spacial score (nSPS) is 15.9. The maximum absolute atomic E-state index is 13.1. The minimum atomic E-state index is -0.327. The summed E-state index contributed by atoms with van der Waals surface area (Å²) >= 11 is 5.97. The number of anilines is 2. The second kappa shape index (κ2) is 6.46. The Kier molecular flexibility index (Phi) is 4.13. The molecule has 0 saturated carbocycles. The highest BCUT2D eigenvalue weighted by Gasteiger charge is 2.38. The van der Waals surface area contributed by atoms with Crippen LogP contribution in [0.4, 0.5) is 11.5 Å². The van der Waals surface area contributed by atoms with Crippen molar-refractivity contribution in [2.45, 2.75) is 20.0 Å². The molecule has 1 aromatic heterocycles. The second-order valence-electron chi connectivity index (χ2n) is 6.41. The van der Waals surface area contributed by atoms with E-state index >= 15 is 0 Å². The van der Waals surface area contributed by atoms with Crippen molar-refractivity contribution >= 4 is 29.0 Å². The number of aryl methyl sites for hydroxylation is 2. The van der Waals surface area contributed by atoms with Gasteiger partial charge in [-0.2, -0.15) is 0 Å². The number of carbonyl (C=O) groups is 1. The Bertz CT molecular complexity index is 965. The van der Waals surface area contributed by atoms with Crippen LogP contribution in [-0.4, -0.2) is 10.9 Å². The second-order valence-corrected chi connectivity index (χ2v) is 6.85. The van der Waals surface area contributed by atoms with Crippen molar-refractivity contribution < 1.29 is 4.79 Å². The molecule has 1 aliphatic rings. The van der Waals surface area contributed by atoms with Gasteiger partial charge in [0.2, 0.25) is 0 Å². The molecule has 130 valence electrons. The molecule has 2 aromatic carbocycles. The Labute approximate surface area is 157 Å². The number of fused-ring (bicyclic) bond motifs is 1. The lowest BCUT2D eigenvalue weighted by molar-refractivity contribution is 0.0992. The predicted molar refractivity (Wildman–Crippen MR) is 105 cm³/mol. The fourth-order valence-corrected chi connectivity index (χ4v) is 3.50. The zero-order valence-corrected chi connectivity index (χ0v) is 15.3. The third-order valence-corrected chi connectivity index (χ3v) is 4.91. The highest BCUT2D eigenvalue weighted by Crippen LogP contribution is 2.38. The molecule has 1 aliphatic heterocycles. The predicted octanol–water partition coefficient (Wildman–Crippen LogP) is 5.12. The molecule has 4 nitrogen and oxygen atoms in total. The molecular formula is C21H18ClN3O. The van der Waals surface area contributed by atoms with Crippen molar-refractivity contribution in [3.05, 3.63) is 88.1 Å². The van der Waals surface area contributed by atoms with Crippen molar-refractivity contribution in [3.8, 4) is 0 Å². The van der Waals surface area contributed by atoms with E-state index in [-0.39, 0.29) is 12.1 Å². The number of para-hydroxylation sites is 1. The number of nitrogens with zero attached hydrogens (tertiary/aromatic N) is 2. The summed E-state index contributed by atoms with van der Waals surface area (Å²) in [4.78, 5) is 19.1. The molecule has 2 heterocycles. The molecule has 3 aromatic rings. The third-order valence-electron chi connectivity index (χ3n) is 4.68. The zero-order chi connectivity index (χ0) is 18.3. The van der Waals surface area contributed by atoms with Crippen molar-refractivity contribution in [2.75, 3.05) is 10.2 Å². The van der Waals surface area contributed by atoms with Crippen molar-refractivity contribution in [2.24, 2.45) is 0 Å². The summed E-state index contributed by atoms with van der Waals surface area (Å²) in [5, 5.41) is 4.10. The number of halogens is 1. The molecular weight excluding hydrogens is 346 g/mol. The number of amides is 1. The number of hydrogen-bond acceptors (Lipinski definition) is 3. The summed E-state index contributed by atoms with van der Waals surface area (Å²) in [6.07, 6.45) is 1.23. The quantitative estimate of drug-likeness (QED) is 0.702. The van der Waals surface area contributed by atoms with Crippen molar-refractivity contribution in [1.82, 2.24) is 4.98 Å². The first-order chi connectivity index (χ1) is 12.6. The molecule has 4 rings (SSSR count). The molecule has 5 heteroatoms. The zero-order valence-electron chi connectivity index (χ0n) is 14.5. The summed E-state index contributed by atoms with van der Waals surface area (Å²) in [5.74, 6) is 0.499. The fourth-order valence-electron chi connectivity index (χ4n) is 3.38. The SMILES string of the molecule is Cc1cccc(C)c1N[C@H]1c2ccccc2C(=O)N1c1ccc(Cl)cn1. The first-order valence-corrected chi connectivity index (χ1v) is 8.81. The van der Waals surface area contributed by atoms with Crippen molar-refractivity contribution in [3.63, 3.8) is 0 Å². The van der Waals surface area contributed by atoms with Crippen LogP contribution in [0.1, 0.15) is 33.2 Å². The lowest BCUT2D eigenvalue weighted by Gasteiger charge is -2.27. The fraction of sp³-hybridized carbons (Fsp3) is 0.143. The minimum Gasteiger partial charge on any atom is -0.361 e. The molecule has 26 heavy (non-hydrogen) atoms. The topological polar surface area (TPSA) is 45.2 Å². The summed E-state index contributed by atoms with van der Waals surface area (Å²) in [7, 11) is 0. The van der Waals surface area contributed by atoms with Crippen LogP contribution in [0.2, 0.25) is 5.02 Å². The molecule has 0 bridgehead atoms. The van der Waals surface area contributed by atoms with Gasteiger partial charge >= 0.3 is 0 Å². The van der Waals surface area contributed by atoms with E-state index in [0.29, 0.717) is 16.4 Å². The van der Waals surface area contributed by atoms with Crippen LogP contribution in [0, 0.1) is 13.8 Å². The number of hydrogen-bond donors (Lipinski definition) is 1. The Morgan fingerprint density at radius 2 is 1.73 bits per heavy atom. The van der Waals surface area contributed by atoms with Gasteiger partial charge in [0.05, 0.1) is 5.02 Å². The first kappa shape index (κ1) is 16.6. The molecule has 0 spiro atoms. The summed E-state index contributed by atoms with van der Waals surface area (Å²) in [6, 6.07) is 17.3. The van der Waals surface area contributed by atoms with Crippen molar-refractivity contribution in [1.29, 1.82) is 0 Å². The highest BCUT2D eigenvalue weighted by molar-refractivity contribution is 6.30. The van der Waals surface area contributed by atoms with Crippen LogP contribution in [0.5, 0.6) is 0 Å². The van der Waals surface area contributed by atoms with E-state index in [4.69, 9.17) is 11.6 Å². The summed E-state index contributed by atoms with van der Waals surface area (Å²) in [5.41, 5.74) is 4.92. The van der Waals surface area contributed by atoms with E-state index in [2.05, 4.69) is 36.3 Å². The number of carbonyl (C=O) groups excluding carboxylic acids is 1. The third kappa shape index (κ3) is 2.72. The number of rotatable bonds is 3. The molecule has 0 fully saturated rings. The van der Waals surface area contributed by atoms with Crippen LogP contribution in [0.25, 0.3) is 0 Å². The number of benzene rings is 2. The first-order valence-electron chi connectivity index (χ1n) is 8.43. The van der Waals surface area contributed by atoms with E-state index in [0.717, 1.165) is 22.4 Å². The van der Waals surface area contributed by atoms with Gasteiger partial charge in [0.25, 0.3) is 5.91 Å². The lowest BCUT2D eigenvalue weighted by Crippen LogP contribution is -2.33. The van der Waals surface area contributed by atoms with Gasteiger partial charge in [-0.1, -0.05) is 48.0 Å². The van der Waals surface area contributed by atoms with Gasteiger partial charge in [-0.15, -0.1) is 0 Å². The minimum absolute atomic E-state index is 0.0702. The van der Waals surface area contributed by atoms with E-state index in [1.807, 2.05) is 30.3 Å². The van der Waals surface area contributed by atoms with E-state index in [1.165, 1.54) is 0 Å².